The van der Waals surface area contributed by atoms with Crippen molar-refractivity contribution in [2.75, 3.05) is 13.1 Å². The van der Waals surface area contributed by atoms with Crippen LogP contribution in [0, 0.1) is 5.92 Å². The molecular weight excluding hydrogens is 383 g/mol. The van der Waals surface area contributed by atoms with Gasteiger partial charge in [0, 0.05) is 23.7 Å². The Kier molecular flexibility index (Phi) is 7.68. The molecule has 1 fully saturated rings. The predicted octanol–water partition coefficient (Wildman–Crippen LogP) is 3.50. The highest BCUT2D eigenvalue weighted by Gasteiger charge is 2.31. The van der Waals surface area contributed by atoms with E-state index in [0.717, 1.165) is 37.8 Å². The molecule has 8 heteroatoms. The topological polar surface area (TPSA) is 70.2 Å². The molecule has 0 aliphatic heterocycles. The Balaban J connectivity index is 1.72. The molecular formula is C21H30F3N3O2. The molecule has 2 rings (SSSR count). The normalized spacial score (nSPS) is 20.2. The number of alkyl halides is 3. The van der Waals surface area contributed by atoms with Gasteiger partial charge in [0.05, 0.1) is 12.1 Å². The van der Waals surface area contributed by atoms with Crippen LogP contribution in [0.5, 0.6) is 0 Å². The van der Waals surface area contributed by atoms with E-state index in [-0.39, 0.29) is 35.5 Å². The van der Waals surface area contributed by atoms with Crippen molar-refractivity contribution in [3.63, 3.8) is 0 Å². The van der Waals surface area contributed by atoms with Crippen LogP contribution in [0.25, 0.3) is 0 Å². The molecule has 1 aliphatic rings. The van der Waals surface area contributed by atoms with Crippen LogP contribution in [-0.4, -0.2) is 36.5 Å². The molecule has 3 N–H and O–H groups in total. The van der Waals surface area contributed by atoms with E-state index in [9.17, 15) is 22.8 Å². The van der Waals surface area contributed by atoms with Gasteiger partial charge in [0.1, 0.15) is 0 Å². The smallest absolute Gasteiger partial charge is 0.352 e. The summed E-state index contributed by atoms with van der Waals surface area (Å²) in [5.74, 6) is -0.241. The fourth-order valence-corrected chi connectivity index (χ4v) is 3.45. The van der Waals surface area contributed by atoms with Crippen molar-refractivity contribution in [3.8, 4) is 0 Å². The zero-order chi connectivity index (χ0) is 21.7. The average molecular weight is 413 g/mol. The van der Waals surface area contributed by atoms with Crippen LogP contribution in [-0.2, 0) is 11.0 Å². The molecule has 0 atom stereocenters. The molecule has 5 nitrogen and oxygen atoms in total. The number of hydrogen-bond donors (Lipinski definition) is 3. The summed E-state index contributed by atoms with van der Waals surface area (Å²) in [6.07, 6.45) is -0.895. The third-order valence-corrected chi connectivity index (χ3v) is 4.92. The Morgan fingerprint density at radius 3 is 2.31 bits per heavy atom. The quantitative estimate of drug-likeness (QED) is 0.669. The summed E-state index contributed by atoms with van der Waals surface area (Å²) < 4.78 is 38.3. The zero-order valence-corrected chi connectivity index (χ0v) is 17.2. The van der Waals surface area contributed by atoms with E-state index >= 15 is 0 Å². The molecule has 2 amide bonds. The van der Waals surface area contributed by atoms with Crippen molar-refractivity contribution in [3.05, 3.63) is 35.4 Å². The molecule has 1 aromatic rings. The molecule has 0 heterocycles. The average Bonchev–Trinajstić information content (AvgIpc) is 2.63. The lowest BCUT2D eigenvalue weighted by Gasteiger charge is -2.29. The number of benzene rings is 1. The van der Waals surface area contributed by atoms with E-state index in [4.69, 9.17) is 0 Å². The lowest BCUT2D eigenvalue weighted by atomic mass is 9.86. The molecule has 0 bridgehead atoms. The second-order valence-corrected chi connectivity index (χ2v) is 8.69. The van der Waals surface area contributed by atoms with Crippen molar-refractivity contribution < 1.29 is 22.8 Å². The van der Waals surface area contributed by atoms with Crippen LogP contribution in [0.1, 0.15) is 62.4 Å². The third kappa shape index (κ3) is 8.04. The highest BCUT2D eigenvalue weighted by Crippen LogP contribution is 2.29. The first-order valence-electron chi connectivity index (χ1n) is 9.94. The molecule has 1 saturated carbocycles. The maximum absolute atomic E-state index is 12.8. The number of rotatable bonds is 6. The number of hydrogen-bond acceptors (Lipinski definition) is 3. The molecule has 1 aliphatic carbocycles. The van der Waals surface area contributed by atoms with Gasteiger partial charge in [-0.25, -0.2) is 0 Å². The summed E-state index contributed by atoms with van der Waals surface area (Å²) in [6.45, 7) is 6.52. The Hall–Kier alpha value is -2.09. The van der Waals surface area contributed by atoms with Crippen LogP contribution in [0.2, 0.25) is 0 Å². The first-order valence-corrected chi connectivity index (χ1v) is 9.94. The van der Waals surface area contributed by atoms with Crippen molar-refractivity contribution in [1.29, 1.82) is 0 Å². The van der Waals surface area contributed by atoms with Gasteiger partial charge in [0.2, 0.25) is 5.91 Å². The van der Waals surface area contributed by atoms with Gasteiger partial charge in [-0.05, 0) is 70.6 Å². The van der Waals surface area contributed by atoms with Gasteiger partial charge in [0.15, 0.2) is 0 Å². The maximum Gasteiger partial charge on any atom is 0.416 e. The van der Waals surface area contributed by atoms with E-state index < -0.39 is 17.6 Å². The summed E-state index contributed by atoms with van der Waals surface area (Å²) >= 11 is 0. The molecule has 0 radical (unpaired) electrons. The number of carbonyl (C=O) groups excluding carboxylic acids is 2. The van der Waals surface area contributed by atoms with Crippen LogP contribution in [0.3, 0.4) is 0 Å². The van der Waals surface area contributed by atoms with Crippen molar-refractivity contribution in [2.45, 2.75) is 64.2 Å². The minimum Gasteiger partial charge on any atom is -0.352 e. The monoisotopic (exact) mass is 413 g/mol. The number of nitrogens with one attached hydrogen (secondary N) is 3. The van der Waals surface area contributed by atoms with E-state index in [1.54, 1.807) is 0 Å². The Morgan fingerprint density at radius 1 is 1.07 bits per heavy atom. The summed E-state index contributed by atoms with van der Waals surface area (Å²) in [7, 11) is 0. The minimum absolute atomic E-state index is 0.0139. The largest absolute Gasteiger partial charge is 0.416 e. The summed E-state index contributed by atoms with van der Waals surface area (Å²) in [5, 5.41) is 8.93. The number of amides is 2. The van der Waals surface area contributed by atoms with E-state index in [1.807, 2.05) is 20.8 Å². The molecule has 0 saturated heterocycles. The molecule has 0 aromatic heterocycles. The second-order valence-electron chi connectivity index (χ2n) is 8.69. The van der Waals surface area contributed by atoms with Crippen LogP contribution in [0.4, 0.5) is 13.2 Å². The number of carbonyl (C=O) groups is 2. The standard InChI is InChI=1S/C21H30F3N3O2/c1-20(2,3)27-18(28)13-25-17-9-7-14(8-10-17)12-26-19(29)15-5-4-6-16(11-15)21(22,23)24/h4-6,11,14,17,25H,7-10,12-13H2,1-3H3,(H,26,29)(H,27,28)/t14-,17+. The maximum atomic E-state index is 12.8. The van der Waals surface area contributed by atoms with Crippen molar-refractivity contribution in [2.24, 2.45) is 5.92 Å². The first kappa shape index (κ1) is 23.2. The summed E-state index contributed by atoms with van der Waals surface area (Å²) in [6, 6.07) is 4.71. The van der Waals surface area contributed by atoms with Crippen molar-refractivity contribution >= 4 is 11.8 Å². The molecule has 1 aromatic carbocycles. The molecule has 29 heavy (non-hydrogen) atoms. The van der Waals surface area contributed by atoms with E-state index in [1.165, 1.54) is 12.1 Å². The van der Waals surface area contributed by atoms with Gasteiger partial charge < -0.3 is 16.0 Å². The van der Waals surface area contributed by atoms with Gasteiger partial charge in [-0.3, -0.25) is 9.59 Å². The van der Waals surface area contributed by atoms with E-state index in [0.29, 0.717) is 6.54 Å². The van der Waals surface area contributed by atoms with Gasteiger partial charge in [-0.15, -0.1) is 0 Å². The fraction of sp³-hybridized carbons (Fsp3) is 0.619. The Bertz CT molecular complexity index is 706. The third-order valence-electron chi connectivity index (χ3n) is 4.92. The SMILES string of the molecule is CC(C)(C)NC(=O)CN[C@H]1CC[C@@H](CNC(=O)c2cccc(C(F)(F)F)c2)CC1. The van der Waals surface area contributed by atoms with Gasteiger partial charge in [-0.2, -0.15) is 13.2 Å². The highest BCUT2D eigenvalue weighted by molar-refractivity contribution is 5.94. The highest BCUT2D eigenvalue weighted by atomic mass is 19.4. The lowest BCUT2D eigenvalue weighted by molar-refractivity contribution is -0.137. The van der Waals surface area contributed by atoms with Gasteiger partial charge in [0.25, 0.3) is 5.91 Å². The van der Waals surface area contributed by atoms with Crippen LogP contribution < -0.4 is 16.0 Å². The molecule has 162 valence electrons. The second kappa shape index (κ2) is 9.61. The first-order chi connectivity index (χ1) is 13.4. The van der Waals surface area contributed by atoms with Crippen LogP contribution in [0.15, 0.2) is 24.3 Å². The fourth-order valence-electron chi connectivity index (χ4n) is 3.45. The summed E-state index contributed by atoms with van der Waals surface area (Å²) in [4.78, 5) is 24.1. The zero-order valence-electron chi connectivity index (χ0n) is 17.2. The van der Waals surface area contributed by atoms with E-state index in [2.05, 4.69) is 16.0 Å². The summed E-state index contributed by atoms with van der Waals surface area (Å²) in [5.41, 5.74) is -1.07. The Labute approximate surface area is 169 Å². The Morgan fingerprint density at radius 2 is 1.72 bits per heavy atom. The van der Waals surface area contributed by atoms with Crippen LogP contribution >= 0.6 is 0 Å². The van der Waals surface area contributed by atoms with Crippen molar-refractivity contribution in [1.82, 2.24) is 16.0 Å². The minimum atomic E-state index is -4.47. The predicted molar refractivity (Wildman–Crippen MR) is 105 cm³/mol. The van der Waals surface area contributed by atoms with Gasteiger partial charge in [-0.1, -0.05) is 6.07 Å². The lowest BCUT2D eigenvalue weighted by Crippen LogP contribution is -2.47. The molecule has 0 unspecified atom stereocenters. The van der Waals surface area contributed by atoms with Gasteiger partial charge >= 0.3 is 6.18 Å². The molecule has 0 spiro atoms. The number of halogens is 3.